The summed E-state index contributed by atoms with van der Waals surface area (Å²) in [6.45, 7) is -0.191. The number of benzene rings is 2. The van der Waals surface area contributed by atoms with Gasteiger partial charge in [-0.3, -0.25) is 14.4 Å². The molecule has 0 spiro atoms. The molecule has 2 amide bonds. The lowest BCUT2D eigenvalue weighted by Gasteiger charge is -2.06. The molecular weight excluding hydrogens is 422 g/mol. The highest BCUT2D eigenvalue weighted by molar-refractivity contribution is 7.89. The molecule has 0 aliphatic heterocycles. The highest BCUT2D eigenvalue weighted by Crippen LogP contribution is 2.13. The molecule has 0 aliphatic rings. The van der Waals surface area contributed by atoms with Gasteiger partial charge in [-0.25, -0.2) is 13.1 Å². The van der Waals surface area contributed by atoms with Crippen molar-refractivity contribution < 1.29 is 27.5 Å². The second kappa shape index (κ2) is 11.0. The number of ether oxygens (including phenoxy) is 1. The van der Waals surface area contributed by atoms with Gasteiger partial charge in [0, 0.05) is 11.8 Å². The number of rotatable bonds is 9. The quantitative estimate of drug-likeness (QED) is 0.391. The molecule has 31 heavy (non-hydrogen) atoms. The van der Waals surface area contributed by atoms with Crippen LogP contribution in [-0.4, -0.2) is 46.9 Å². The number of nitrogens with one attached hydrogen (secondary N) is 3. The van der Waals surface area contributed by atoms with E-state index in [1.165, 1.54) is 32.4 Å². The van der Waals surface area contributed by atoms with Crippen molar-refractivity contribution >= 4 is 39.6 Å². The molecule has 0 atom stereocenters. The molecule has 2 aromatic carbocycles. The maximum absolute atomic E-state index is 12.1. The van der Waals surface area contributed by atoms with Gasteiger partial charge in [-0.05, 0) is 48.5 Å². The molecule has 0 heterocycles. The molecule has 0 fully saturated rings. The summed E-state index contributed by atoms with van der Waals surface area (Å²) in [5.41, 5.74) is 1.93. The van der Waals surface area contributed by atoms with Gasteiger partial charge in [-0.2, -0.15) is 0 Å². The largest absolute Gasteiger partial charge is 0.468 e. The van der Waals surface area contributed by atoms with Gasteiger partial charge >= 0.3 is 5.97 Å². The number of carbonyl (C=O) groups is 3. The minimum Gasteiger partial charge on any atom is -0.468 e. The molecule has 0 saturated carbocycles. The minimum absolute atomic E-state index is 0.0877. The molecule has 2 rings (SSSR count). The molecule has 10 heteroatoms. The Balaban J connectivity index is 1.88. The maximum atomic E-state index is 12.1. The van der Waals surface area contributed by atoms with Gasteiger partial charge in [0.1, 0.15) is 6.54 Å². The van der Waals surface area contributed by atoms with E-state index in [4.69, 9.17) is 0 Å². The molecule has 0 radical (unpaired) electrons. The number of amides is 2. The van der Waals surface area contributed by atoms with Crippen molar-refractivity contribution in [2.75, 3.05) is 26.0 Å². The van der Waals surface area contributed by atoms with Crippen LogP contribution in [0.15, 0.2) is 59.5 Å². The van der Waals surface area contributed by atoms with Gasteiger partial charge in [0.2, 0.25) is 21.8 Å². The van der Waals surface area contributed by atoms with Gasteiger partial charge in [-0.1, -0.05) is 24.3 Å². The van der Waals surface area contributed by atoms with Crippen LogP contribution in [0, 0.1) is 0 Å². The van der Waals surface area contributed by atoms with Crippen molar-refractivity contribution in [3.05, 3.63) is 65.7 Å². The van der Waals surface area contributed by atoms with E-state index in [-0.39, 0.29) is 29.7 Å². The molecule has 164 valence electrons. The van der Waals surface area contributed by atoms with Gasteiger partial charge in [0.25, 0.3) is 0 Å². The van der Waals surface area contributed by atoms with Gasteiger partial charge in [-0.15, -0.1) is 0 Å². The Morgan fingerprint density at radius 2 is 1.65 bits per heavy atom. The number of anilines is 1. The van der Waals surface area contributed by atoms with Crippen LogP contribution < -0.4 is 15.4 Å². The number of hydrogen-bond donors (Lipinski definition) is 3. The van der Waals surface area contributed by atoms with Crippen LogP contribution >= 0.6 is 0 Å². The van der Waals surface area contributed by atoms with Crippen LogP contribution in [0.25, 0.3) is 6.08 Å². The summed E-state index contributed by atoms with van der Waals surface area (Å²) in [6, 6.07) is 12.8. The monoisotopic (exact) mass is 445 g/mol. The summed E-state index contributed by atoms with van der Waals surface area (Å²) in [7, 11) is -0.932. The first-order valence-electron chi connectivity index (χ1n) is 9.18. The van der Waals surface area contributed by atoms with Crippen molar-refractivity contribution in [3.63, 3.8) is 0 Å². The van der Waals surface area contributed by atoms with E-state index < -0.39 is 16.0 Å². The van der Waals surface area contributed by atoms with Crippen molar-refractivity contribution in [3.8, 4) is 0 Å². The van der Waals surface area contributed by atoms with Crippen LogP contribution in [0.1, 0.15) is 11.1 Å². The highest BCUT2D eigenvalue weighted by Gasteiger charge is 2.10. The van der Waals surface area contributed by atoms with Crippen LogP contribution in [-0.2, 0) is 35.6 Å². The van der Waals surface area contributed by atoms with E-state index in [2.05, 4.69) is 20.1 Å². The fourth-order valence-electron chi connectivity index (χ4n) is 2.43. The Morgan fingerprint density at radius 3 is 2.23 bits per heavy atom. The first kappa shape index (κ1) is 23.8. The zero-order valence-electron chi connectivity index (χ0n) is 17.0. The summed E-state index contributed by atoms with van der Waals surface area (Å²) in [4.78, 5) is 35.0. The number of methoxy groups -OCH3 is 1. The lowest BCUT2D eigenvalue weighted by molar-refractivity contribution is -0.141. The summed E-state index contributed by atoms with van der Waals surface area (Å²) in [5, 5.41) is 5.14. The lowest BCUT2D eigenvalue weighted by atomic mass is 10.1. The summed E-state index contributed by atoms with van der Waals surface area (Å²) in [6.07, 6.45) is 2.98. The Hall–Kier alpha value is -3.50. The van der Waals surface area contributed by atoms with E-state index in [0.717, 1.165) is 0 Å². The average Bonchev–Trinajstić information content (AvgIpc) is 2.77. The molecule has 0 bridgehead atoms. The molecule has 3 N–H and O–H groups in total. The van der Waals surface area contributed by atoms with Crippen LogP contribution in [0.2, 0.25) is 0 Å². The fraction of sp³-hybridized carbons (Fsp3) is 0.190. The number of sulfonamides is 1. The Labute approximate surface area is 180 Å². The SMILES string of the molecule is CNS(=O)(=O)c1ccc(C=CC(=O)Nc2ccc(CC(=O)NCC(=O)OC)cc2)cc1. The van der Waals surface area contributed by atoms with E-state index in [1.54, 1.807) is 42.5 Å². The molecular formula is C21H23N3O6S. The maximum Gasteiger partial charge on any atom is 0.325 e. The molecule has 0 saturated heterocycles. The van der Waals surface area contributed by atoms with Gasteiger partial charge < -0.3 is 15.4 Å². The number of esters is 1. The van der Waals surface area contributed by atoms with Crippen molar-refractivity contribution in [2.24, 2.45) is 0 Å². The Kier molecular flexibility index (Phi) is 8.47. The van der Waals surface area contributed by atoms with E-state index in [0.29, 0.717) is 16.8 Å². The highest BCUT2D eigenvalue weighted by atomic mass is 32.2. The fourth-order valence-corrected chi connectivity index (χ4v) is 3.16. The predicted octanol–water partition coefficient (Wildman–Crippen LogP) is 1.08. The topological polar surface area (TPSA) is 131 Å². The van der Waals surface area contributed by atoms with Crippen molar-refractivity contribution in [2.45, 2.75) is 11.3 Å². The Bertz CT molecular complexity index is 1060. The van der Waals surface area contributed by atoms with Gasteiger partial charge in [0.15, 0.2) is 0 Å². The van der Waals surface area contributed by atoms with E-state index >= 15 is 0 Å². The van der Waals surface area contributed by atoms with Crippen LogP contribution in [0.5, 0.6) is 0 Å². The number of hydrogen-bond acceptors (Lipinski definition) is 6. The minimum atomic E-state index is -3.51. The Morgan fingerprint density at radius 1 is 1.00 bits per heavy atom. The zero-order valence-corrected chi connectivity index (χ0v) is 17.9. The average molecular weight is 445 g/mol. The van der Waals surface area contributed by atoms with Crippen LogP contribution in [0.4, 0.5) is 5.69 Å². The molecule has 0 aliphatic carbocycles. The van der Waals surface area contributed by atoms with Crippen molar-refractivity contribution in [1.29, 1.82) is 0 Å². The van der Waals surface area contributed by atoms with Crippen molar-refractivity contribution in [1.82, 2.24) is 10.0 Å². The summed E-state index contributed by atoms with van der Waals surface area (Å²) in [5.74, 6) is -1.22. The predicted molar refractivity (Wildman–Crippen MR) is 116 cm³/mol. The molecule has 9 nitrogen and oxygen atoms in total. The smallest absolute Gasteiger partial charge is 0.325 e. The summed E-state index contributed by atoms with van der Waals surface area (Å²) >= 11 is 0. The third kappa shape index (κ3) is 7.68. The third-order valence-corrected chi connectivity index (χ3v) is 5.56. The number of carbonyl (C=O) groups excluding carboxylic acids is 3. The second-order valence-electron chi connectivity index (χ2n) is 6.33. The third-order valence-electron chi connectivity index (χ3n) is 4.13. The first-order valence-corrected chi connectivity index (χ1v) is 10.7. The van der Waals surface area contributed by atoms with E-state index in [1.807, 2.05) is 0 Å². The molecule has 0 unspecified atom stereocenters. The first-order chi connectivity index (χ1) is 14.7. The molecule has 0 aromatic heterocycles. The normalized spacial score (nSPS) is 11.2. The summed E-state index contributed by atoms with van der Waals surface area (Å²) < 4.78 is 30.1. The zero-order chi connectivity index (χ0) is 22.9. The van der Waals surface area contributed by atoms with E-state index in [9.17, 15) is 22.8 Å². The van der Waals surface area contributed by atoms with Crippen LogP contribution in [0.3, 0.4) is 0 Å². The lowest BCUT2D eigenvalue weighted by Crippen LogP contribution is -2.31. The molecule has 2 aromatic rings. The van der Waals surface area contributed by atoms with Gasteiger partial charge in [0.05, 0.1) is 18.4 Å². The second-order valence-corrected chi connectivity index (χ2v) is 8.21. The standard InChI is InChI=1S/C21H23N3O6S/c1-22-31(28,29)18-10-5-15(6-11-18)7-12-19(25)24-17-8-3-16(4-9-17)13-20(26)23-14-21(27)30-2/h3-12,22H,13-14H2,1-2H3,(H,23,26)(H,24,25).